The van der Waals surface area contributed by atoms with Crippen LogP contribution in [0.1, 0.15) is 15.9 Å². The number of ketones is 1. The number of fused-ring (bicyclic) bond motifs is 2. The van der Waals surface area contributed by atoms with Crippen LogP contribution in [-0.2, 0) is 4.79 Å². The molecular formula is C24H19N3O4S2. The number of anilines is 1. The lowest BCUT2D eigenvalue weighted by Gasteiger charge is -2.26. The Morgan fingerprint density at radius 2 is 2.00 bits per heavy atom. The van der Waals surface area contributed by atoms with E-state index in [0.29, 0.717) is 32.4 Å². The van der Waals surface area contributed by atoms with Gasteiger partial charge in [0.05, 0.1) is 16.8 Å². The van der Waals surface area contributed by atoms with Gasteiger partial charge in [-0.2, -0.15) is 0 Å². The maximum absolute atomic E-state index is 12.8. The van der Waals surface area contributed by atoms with Crippen molar-refractivity contribution >= 4 is 50.7 Å². The van der Waals surface area contributed by atoms with E-state index >= 15 is 0 Å². The van der Waals surface area contributed by atoms with Crippen molar-refractivity contribution < 1.29 is 14.3 Å². The number of H-pyrrole nitrogens is 1. The molecule has 2 aromatic heterocycles. The van der Waals surface area contributed by atoms with Gasteiger partial charge >= 0.3 is 0 Å². The summed E-state index contributed by atoms with van der Waals surface area (Å²) in [6, 6.07) is 13.0. The molecule has 166 valence electrons. The van der Waals surface area contributed by atoms with Crippen LogP contribution in [0.15, 0.2) is 57.8 Å². The minimum absolute atomic E-state index is 0.0114. The fourth-order valence-electron chi connectivity index (χ4n) is 3.61. The van der Waals surface area contributed by atoms with Crippen molar-refractivity contribution in [3.8, 4) is 16.9 Å². The molecule has 0 saturated carbocycles. The Morgan fingerprint density at radius 3 is 2.79 bits per heavy atom. The highest BCUT2D eigenvalue weighted by molar-refractivity contribution is 7.99. The maximum Gasteiger partial charge on any atom is 0.264 e. The van der Waals surface area contributed by atoms with Gasteiger partial charge in [0.2, 0.25) is 0 Å². The maximum atomic E-state index is 12.8. The number of likely N-dealkylation sites (N-methyl/N-ethyl adjacent to an activating group) is 1. The summed E-state index contributed by atoms with van der Waals surface area (Å²) in [5, 5.41) is 2.89. The number of nitrogens with one attached hydrogen (secondary N) is 1. The SMILES string of the molecule is Cc1ccc(-c2csc3nc(SCC(=O)c4ccc5c(c4)N(C)C(=O)CO5)[nH]c(=O)c23)cc1. The van der Waals surface area contributed by atoms with Crippen molar-refractivity contribution in [2.75, 3.05) is 24.3 Å². The number of ether oxygens (including phenoxy) is 1. The van der Waals surface area contributed by atoms with Crippen LogP contribution in [0.25, 0.3) is 21.3 Å². The molecule has 0 aliphatic carbocycles. The highest BCUT2D eigenvalue weighted by atomic mass is 32.2. The van der Waals surface area contributed by atoms with E-state index in [9.17, 15) is 14.4 Å². The summed E-state index contributed by atoms with van der Waals surface area (Å²) >= 11 is 2.58. The summed E-state index contributed by atoms with van der Waals surface area (Å²) in [4.78, 5) is 46.9. The van der Waals surface area contributed by atoms with Gasteiger partial charge in [0.1, 0.15) is 10.6 Å². The van der Waals surface area contributed by atoms with Gasteiger partial charge < -0.3 is 14.6 Å². The highest BCUT2D eigenvalue weighted by Crippen LogP contribution is 2.33. The molecular weight excluding hydrogens is 458 g/mol. The van der Waals surface area contributed by atoms with E-state index in [0.717, 1.165) is 16.7 Å². The predicted octanol–water partition coefficient (Wildman–Crippen LogP) is 4.29. The van der Waals surface area contributed by atoms with Gasteiger partial charge in [0.15, 0.2) is 17.5 Å². The molecule has 1 aliphatic heterocycles. The number of hydrogen-bond acceptors (Lipinski definition) is 7. The fourth-order valence-corrected chi connectivity index (χ4v) is 5.37. The smallest absolute Gasteiger partial charge is 0.264 e. The summed E-state index contributed by atoms with van der Waals surface area (Å²) in [6.07, 6.45) is 0. The molecule has 1 N–H and O–H groups in total. The molecule has 0 unspecified atom stereocenters. The second kappa shape index (κ2) is 8.49. The molecule has 3 heterocycles. The van der Waals surface area contributed by atoms with Gasteiger partial charge in [-0.1, -0.05) is 41.6 Å². The minimum Gasteiger partial charge on any atom is -0.482 e. The lowest BCUT2D eigenvalue weighted by Crippen LogP contribution is -2.35. The monoisotopic (exact) mass is 477 g/mol. The Labute approximate surface area is 197 Å². The topological polar surface area (TPSA) is 92.4 Å². The Morgan fingerprint density at radius 1 is 1.21 bits per heavy atom. The van der Waals surface area contributed by atoms with E-state index in [1.54, 1.807) is 25.2 Å². The van der Waals surface area contributed by atoms with Crippen molar-refractivity contribution in [2.24, 2.45) is 0 Å². The van der Waals surface area contributed by atoms with Gasteiger partial charge in [0.25, 0.3) is 11.5 Å². The molecule has 7 nitrogen and oxygen atoms in total. The first-order valence-corrected chi connectivity index (χ1v) is 12.0. The van der Waals surface area contributed by atoms with Crippen LogP contribution in [0.4, 0.5) is 5.69 Å². The minimum atomic E-state index is -0.224. The number of rotatable bonds is 5. The summed E-state index contributed by atoms with van der Waals surface area (Å²) in [5.74, 6) is 0.364. The number of benzene rings is 2. The fraction of sp³-hybridized carbons (Fsp3) is 0.167. The highest BCUT2D eigenvalue weighted by Gasteiger charge is 2.23. The third-order valence-corrected chi connectivity index (χ3v) is 7.24. The zero-order chi connectivity index (χ0) is 23.1. The zero-order valence-electron chi connectivity index (χ0n) is 17.9. The van der Waals surface area contributed by atoms with E-state index in [1.807, 2.05) is 36.6 Å². The van der Waals surface area contributed by atoms with Gasteiger partial charge in [-0.3, -0.25) is 14.4 Å². The quantitative estimate of drug-likeness (QED) is 0.262. The van der Waals surface area contributed by atoms with Gasteiger partial charge in [-0.05, 0) is 30.7 Å². The molecule has 4 aromatic rings. The van der Waals surface area contributed by atoms with E-state index in [-0.39, 0.29) is 29.6 Å². The van der Waals surface area contributed by atoms with Crippen molar-refractivity contribution in [1.82, 2.24) is 9.97 Å². The first-order chi connectivity index (χ1) is 15.9. The number of aryl methyl sites for hydroxylation is 1. The summed E-state index contributed by atoms with van der Waals surface area (Å²) < 4.78 is 5.41. The Bertz CT molecular complexity index is 1460. The number of hydrogen-bond donors (Lipinski definition) is 1. The molecule has 2 aromatic carbocycles. The lowest BCUT2D eigenvalue weighted by molar-refractivity contribution is -0.120. The number of Topliss-reactive ketones (excluding diaryl/α,β-unsaturated/α-hetero) is 1. The molecule has 5 rings (SSSR count). The molecule has 33 heavy (non-hydrogen) atoms. The Kier molecular flexibility index (Phi) is 5.51. The number of thiophene rings is 1. The summed E-state index contributed by atoms with van der Waals surface area (Å²) in [6.45, 7) is 2.01. The molecule has 0 saturated heterocycles. The van der Waals surface area contributed by atoms with Gasteiger partial charge in [-0.25, -0.2) is 4.98 Å². The molecule has 0 radical (unpaired) electrons. The molecule has 0 spiro atoms. The third kappa shape index (κ3) is 4.05. The van der Waals surface area contributed by atoms with Crippen LogP contribution in [0.2, 0.25) is 0 Å². The number of aromatic amines is 1. The molecule has 0 atom stereocenters. The Hall–Kier alpha value is -3.43. The molecule has 1 amide bonds. The average Bonchev–Trinajstić information content (AvgIpc) is 3.25. The number of carbonyl (C=O) groups excluding carboxylic acids is 2. The Balaban J connectivity index is 1.36. The lowest BCUT2D eigenvalue weighted by atomic mass is 10.1. The van der Waals surface area contributed by atoms with Crippen LogP contribution in [0.5, 0.6) is 5.75 Å². The van der Waals surface area contributed by atoms with Crippen LogP contribution in [0.3, 0.4) is 0 Å². The van der Waals surface area contributed by atoms with Crippen LogP contribution >= 0.6 is 23.1 Å². The summed E-state index contributed by atoms with van der Waals surface area (Å²) in [5.41, 5.74) is 3.78. The van der Waals surface area contributed by atoms with Crippen LogP contribution in [-0.4, -0.2) is 41.1 Å². The van der Waals surface area contributed by atoms with Gasteiger partial charge in [0, 0.05) is 23.6 Å². The first kappa shape index (κ1) is 21.4. The number of thioether (sulfide) groups is 1. The largest absolute Gasteiger partial charge is 0.482 e. The molecule has 0 bridgehead atoms. The number of carbonyl (C=O) groups is 2. The van der Waals surface area contributed by atoms with E-state index < -0.39 is 0 Å². The third-order valence-electron chi connectivity index (χ3n) is 5.49. The number of aromatic nitrogens is 2. The van der Waals surface area contributed by atoms with Gasteiger partial charge in [-0.15, -0.1) is 11.3 Å². The number of amides is 1. The zero-order valence-corrected chi connectivity index (χ0v) is 19.5. The van der Waals surface area contributed by atoms with Crippen LogP contribution in [0, 0.1) is 6.92 Å². The second-order valence-electron chi connectivity index (χ2n) is 7.70. The standard InChI is InChI=1S/C24H19N3O4S2/c1-13-3-5-14(6-4-13)16-11-32-23-21(16)22(30)25-24(26-23)33-12-18(28)15-7-8-19-17(9-15)27(2)20(29)10-31-19/h3-9,11H,10,12H2,1-2H3,(H,25,26,30). The second-order valence-corrected chi connectivity index (χ2v) is 9.52. The van der Waals surface area contributed by atoms with E-state index in [1.165, 1.54) is 28.0 Å². The first-order valence-electron chi connectivity index (χ1n) is 10.2. The average molecular weight is 478 g/mol. The van der Waals surface area contributed by atoms with Crippen molar-refractivity contribution in [2.45, 2.75) is 12.1 Å². The van der Waals surface area contributed by atoms with Crippen molar-refractivity contribution in [1.29, 1.82) is 0 Å². The van der Waals surface area contributed by atoms with Crippen LogP contribution < -0.4 is 15.2 Å². The van der Waals surface area contributed by atoms with E-state index in [2.05, 4.69) is 9.97 Å². The molecule has 0 fully saturated rings. The predicted molar refractivity (Wildman–Crippen MR) is 131 cm³/mol. The molecule has 9 heteroatoms. The summed E-state index contributed by atoms with van der Waals surface area (Å²) in [7, 11) is 1.66. The van der Waals surface area contributed by atoms with Crippen molar-refractivity contribution in [3.05, 3.63) is 69.3 Å². The molecule has 1 aliphatic rings. The normalized spacial score (nSPS) is 13.2. The van der Waals surface area contributed by atoms with Crippen molar-refractivity contribution in [3.63, 3.8) is 0 Å². The van der Waals surface area contributed by atoms with E-state index in [4.69, 9.17) is 4.74 Å². The number of nitrogens with zero attached hydrogens (tertiary/aromatic N) is 2.